The quantitative estimate of drug-likeness (QED) is 0.0581. The van der Waals surface area contributed by atoms with Gasteiger partial charge < -0.3 is 17.8 Å². The third kappa shape index (κ3) is 17.1. The maximum atomic E-state index is 15.2. The summed E-state index contributed by atoms with van der Waals surface area (Å²) in [4.78, 5) is 19.8. The summed E-state index contributed by atoms with van der Waals surface area (Å²) in [7, 11) is -5.74. The van der Waals surface area contributed by atoms with Gasteiger partial charge in [-0.3, -0.25) is 4.79 Å². The second kappa shape index (κ2) is 22.2. The molecule has 0 aromatic carbocycles. The summed E-state index contributed by atoms with van der Waals surface area (Å²) in [5.41, 5.74) is 2.31. The molecule has 0 N–H and O–H groups in total. The summed E-state index contributed by atoms with van der Waals surface area (Å²) in [6.45, 7) is 47.9. The van der Waals surface area contributed by atoms with E-state index in [1.807, 2.05) is 25.3 Å². The molecule has 0 bridgehead atoms. The Kier molecular flexibility index (Phi) is 20.1. The number of aryl methyl sites for hydroxylation is 1. The zero-order valence-electron chi connectivity index (χ0n) is 44.1. The molecule has 13 heteroatoms. The van der Waals surface area contributed by atoms with E-state index in [-0.39, 0.29) is 56.1 Å². The molecule has 0 spiro atoms. The fourth-order valence-corrected chi connectivity index (χ4v) is 13.9. The van der Waals surface area contributed by atoms with Gasteiger partial charge in [0, 0.05) is 28.6 Å². The summed E-state index contributed by atoms with van der Waals surface area (Å²) < 4.78 is 50.1. The minimum Gasteiger partial charge on any atom is -0.417 e. The van der Waals surface area contributed by atoms with Gasteiger partial charge in [0.15, 0.2) is 32.5 Å². The number of ketones is 1. The van der Waals surface area contributed by atoms with E-state index in [2.05, 4.69) is 154 Å². The van der Waals surface area contributed by atoms with Crippen LogP contribution in [-0.2, 0) is 22.6 Å². The van der Waals surface area contributed by atoms with Crippen LogP contribution in [0.15, 0.2) is 22.6 Å². The van der Waals surface area contributed by atoms with E-state index >= 15 is 4.79 Å². The Labute approximate surface area is 380 Å². The molecule has 0 saturated carbocycles. The average molecular weight is 930 g/mol. The molecule has 1 aromatic rings. The number of carbonyl (C=O) groups excluding carboxylic acids is 1. The van der Waals surface area contributed by atoms with Crippen molar-refractivity contribution in [2.75, 3.05) is 6.61 Å². The number of Topliss-reactive ketones (excluding diaryl/α,β-unsaturated/α-hetero) is 1. The van der Waals surface area contributed by atoms with Crippen LogP contribution in [0.2, 0.25) is 54.4 Å². The van der Waals surface area contributed by atoms with E-state index in [9.17, 15) is 4.57 Å². The standard InChI is InChI=1S/C46H90BNO5PS2Si3/c1-32(29-34(3)41(56-54(47)50)35(4)30-38-31-55-37(6)48-38)25-24-26-33(2)40(53-59(22,23)45(13,14)15)36(5)42(49)46(16,17)39(52-58(20,21)44(10,11)12)27-28-51-57(18,19)43(7,8)9/h29-31,33-34,36,39-41,47,54H,24-28H2,1-23H3/t33-,34-,36+,39-,40-,41?/m0/s1/i47T,54D. The first-order valence-corrected chi connectivity index (χ1v) is 34.5. The molecule has 0 fully saturated rings. The minimum atomic E-state index is -3.56. The van der Waals surface area contributed by atoms with Crippen LogP contribution in [0, 0.1) is 30.1 Å². The Morgan fingerprint density at radius 3 is 1.93 bits per heavy atom. The molecule has 59 heavy (non-hydrogen) atoms. The lowest BCUT2D eigenvalue weighted by Crippen LogP contribution is -2.54. The fraction of sp³-hybridized carbons (Fsp3) is 0.826. The molecule has 0 saturated heterocycles. The molecule has 0 aliphatic carbocycles. The van der Waals surface area contributed by atoms with Gasteiger partial charge in [0.1, 0.15) is 5.78 Å². The summed E-state index contributed by atoms with van der Waals surface area (Å²) in [6.07, 6.45) is 7.09. The molecule has 1 aromatic heterocycles. The predicted octanol–water partition coefficient (Wildman–Crippen LogP) is 15.1. The summed E-state index contributed by atoms with van der Waals surface area (Å²) in [5.74, 6) is -0.0283. The molecule has 0 aliphatic rings. The number of allylic oxidation sites excluding steroid dienone is 2. The van der Waals surface area contributed by atoms with E-state index < -0.39 is 37.2 Å². The van der Waals surface area contributed by atoms with Crippen molar-refractivity contribution >= 4 is 73.9 Å². The van der Waals surface area contributed by atoms with Crippen molar-refractivity contribution in [2.45, 2.75) is 215 Å². The van der Waals surface area contributed by atoms with Crippen molar-refractivity contribution in [3.05, 3.63) is 33.3 Å². The number of thiazole rings is 1. The van der Waals surface area contributed by atoms with Crippen LogP contribution in [0.25, 0.3) is 6.08 Å². The highest BCUT2D eigenvalue weighted by Gasteiger charge is 2.49. The molecule has 2 unspecified atom stereocenters. The van der Waals surface area contributed by atoms with Gasteiger partial charge in [0.05, 0.1) is 31.0 Å². The number of nitrogens with zero attached hydrogens (tertiary/aromatic N) is 1. The monoisotopic (exact) mass is 930 g/mol. The second-order valence-electron chi connectivity index (χ2n) is 22.7. The lowest BCUT2D eigenvalue weighted by molar-refractivity contribution is -0.141. The lowest BCUT2D eigenvalue weighted by atomic mass is 9.73. The third-order valence-corrected chi connectivity index (χ3v) is 30.8. The largest absolute Gasteiger partial charge is 0.417 e. The van der Waals surface area contributed by atoms with Gasteiger partial charge in [0.25, 0.3) is 0 Å². The van der Waals surface area contributed by atoms with Gasteiger partial charge in [-0.2, -0.15) is 0 Å². The van der Waals surface area contributed by atoms with E-state index in [4.69, 9.17) is 15.9 Å². The Morgan fingerprint density at radius 2 is 1.46 bits per heavy atom. The number of aromatic nitrogens is 1. The van der Waals surface area contributed by atoms with E-state index in [1.54, 1.807) is 11.3 Å². The average Bonchev–Trinajstić information content (AvgIpc) is 3.50. The highest BCUT2D eigenvalue weighted by molar-refractivity contribution is 8.58. The van der Waals surface area contributed by atoms with Gasteiger partial charge in [-0.15, -0.1) is 22.7 Å². The Hall–Kier alpha value is -0.0444. The molecule has 1 heterocycles. The molecule has 6 nitrogen and oxygen atoms in total. The van der Waals surface area contributed by atoms with Crippen LogP contribution in [0.5, 0.6) is 0 Å². The van der Waals surface area contributed by atoms with Crippen LogP contribution >= 0.6 is 29.5 Å². The molecular weight excluding hydrogens is 837 g/mol. The van der Waals surface area contributed by atoms with Gasteiger partial charge in [-0.05, 0) is 120 Å². The SMILES string of the molecule is [2H]P(=O)([B][3H])SC(C(C)=Cc1csc(C)n1)[C@@H](C)C=C(C)CCC[C@H](C)[C@H](O[Si](C)(C)C(C)(C)C)[C@@H](C)C(=O)C(C)(C)[C@H](CCO[Si](C)(C)C(C)(C)C)O[Si](C)(C)C(C)(C)C. The lowest BCUT2D eigenvalue weighted by Gasteiger charge is -2.47. The van der Waals surface area contributed by atoms with Crippen molar-refractivity contribution in [3.8, 4) is 0 Å². The Morgan fingerprint density at radius 1 is 0.932 bits per heavy atom. The van der Waals surface area contributed by atoms with Gasteiger partial charge in [-0.1, -0.05) is 114 Å². The Bertz CT molecular complexity index is 1680. The topological polar surface area (TPSA) is 74.7 Å². The van der Waals surface area contributed by atoms with Crippen LogP contribution in [-0.4, -0.2) is 69.9 Å². The molecular formula is C46H90BNO5PS2Si3. The van der Waals surface area contributed by atoms with Gasteiger partial charge in [-0.25, -0.2) is 4.98 Å². The van der Waals surface area contributed by atoms with Crippen LogP contribution in [0.1, 0.15) is 147 Å². The number of rotatable bonds is 24. The fourth-order valence-electron chi connectivity index (χ4n) is 6.81. The van der Waals surface area contributed by atoms with Crippen molar-refractivity contribution in [2.24, 2.45) is 23.2 Å². The third-order valence-electron chi connectivity index (χ3n) is 14.0. The van der Waals surface area contributed by atoms with E-state index in [1.165, 1.54) is 5.57 Å². The molecule has 0 aliphatic heterocycles. The van der Waals surface area contributed by atoms with Gasteiger partial charge in [0.2, 0.25) is 0 Å². The van der Waals surface area contributed by atoms with Crippen LogP contribution < -0.4 is 0 Å². The second-order valence-corrected chi connectivity index (χ2v) is 41.1. The molecule has 7 atom stereocenters. The number of hydrogen-bond donors (Lipinski definition) is 0. The summed E-state index contributed by atoms with van der Waals surface area (Å²) in [5, 5.41) is 2.82. The first kappa shape index (κ1) is 53.3. The molecule has 0 amide bonds. The van der Waals surface area contributed by atoms with E-state index in [0.29, 0.717) is 13.0 Å². The molecule has 341 valence electrons. The number of carbonyl (C=O) groups is 1. The van der Waals surface area contributed by atoms with Crippen molar-refractivity contribution in [3.63, 3.8) is 0 Å². The zero-order chi connectivity index (χ0) is 48.0. The number of hydrogen-bond acceptors (Lipinski definition) is 8. The van der Waals surface area contributed by atoms with Crippen LogP contribution in [0.4, 0.5) is 0 Å². The smallest absolute Gasteiger partial charge is 0.192 e. The first-order chi connectivity index (χ1) is 27.2. The normalized spacial score (nSPS) is 19.2. The predicted molar refractivity (Wildman–Crippen MR) is 274 cm³/mol. The molecule has 1 radical (unpaired) electrons. The Balaban J connectivity index is 3.48. The molecule has 1 rings (SSSR count). The highest BCUT2D eigenvalue weighted by Crippen LogP contribution is 2.46. The summed E-state index contributed by atoms with van der Waals surface area (Å²) in [6, 6.07) is 0. The van der Waals surface area contributed by atoms with Crippen molar-refractivity contribution in [1.29, 1.82) is 2.61 Å². The maximum Gasteiger partial charge on any atom is 0.192 e. The van der Waals surface area contributed by atoms with Crippen molar-refractivity contribution < 1.29 is 22.6 Å². The highest BCUT2D eigenvalue weighted by atomic mass is 32.7. The minimum absolute atomic E-state index is 0.0105. The zero-order valence-corrected chi connectivity index (χ0v) is 47.6. The van der Waals surface area contributed by atoms with Crippen molar-refractivity contribution in [1.82, 2.24) is 4.98 Å². The van der Waals surface area contributed by atoms with E-state index in [0.717, 1.165) is 54.4 Å². The summed E-state index contributed by atoms with van der Waals surface area (Å²) >= 11 is 2.66. The maximum absolute atomic E-state index is 15.2. The van der Waals surface area contributed by atoms with Crippen LogP contribution in [0.3, 0.4) is 0 Å². The van der Waals surface area contributed by atoms with Gasteiger partial charge >= 0.3 is 0 Å². The first-order valence-electron chi connectivity index (χ1n) is 23.1.